The summed E-state index contributed by atoms with van der Waals surface area (Å²) in [6.45, 7) is 4.27. The first-order valence-electron chi connectivity index (χ1n) is 4.13. The first kappa shape index (κ1) is 8.97. The molecule has 0 aliphatic rings. The molecule has 0 N–H and O–H groups in total. The molecule has 1 rings (SSSR count). The number of hydrogen-bond donors (Lipinski definition) is 0. The Hall–Kier alpha value is -1.12. The SMILES string of the molecule is CC[C@H](C)c1cnc(OC)cn1. The summed E-state index contributed by atoms with van der Waals surface area (Å²) in [7, 11) is 1.59. The number of nitrogens with zero attached hydrogens (tertiary/aromatic N) is 2. The van der Waals surface area contributed by atoms with E-state index in [0.717, 1.165) is 12.1 Å². The van der Waals surface area contributed by atoms with Crippen molar-refractivity contribution in [1.29, 1.82) is 0 Å². The molecule has 0 aliphatic heterocycles. The quantitative estimate of drug-likeness (QED) is 0.688. The van der Waals surface area contributed by atoms with Gasteiger partial charge in [0.15, 0.2) is 0 Å². The zero-order valence-electron chi connectivity index (χ0n) is 7.74. The van der Waals surface area contributed by atoms with E-state index in [2.05, 4.69) is 23.8 Å². The molecule has 0 unspecified atom stereocenters. The van der Waals surface area contributed by atoms with E-state index in [9.17, 15) is 0 Å². The molecule has 1 aromatic heterocycles. The van der Waals surface area contributed by atoms with E-state index in [1.165, 1.54) is 0 Å². The second-order valence-electron chi connectivity index (χ2n) is 2.79. The molecule has 0 fully saturated rings. The zero-order chi connectivity index (χ0) is 8.97. The summed E-state index contributed by atoms with van der Waals surface area (Å²) in [4.78, 5) is 8.31. The molecular formula is C9H14N2O. The lowest BCUT2D eigenvalue weighted by molar-refractivity contribution is 0.394. The molecule has 1 atom stereocenters. The van der Waals surface area contributed by atoms with Gasteiger partial charge in [0, 0.05) is 0 Å². The highest BCUT2D eigenvalue weighted by Gasteiger charge is 2.04. The monoisotopic (exact) mass is 166 g/mol. The van der Waals surface area contributed by atoms with Crippen molar-refractivity contribution in [2.24, 2.45) is 0 Å². The standard InChI is InChI=1S/C9H14N2O/c1-4-7(2)8-5-11-9(12-3)6-10-8/h5-7H,4H2,1-3H3/t7-/m0/s1. The van der Waals surface area contributed by atoms with Crippen molar-refractivity contribution in [2.75, 3.05) is 7.11 Å². The minimum atomic E-state index is 0.475. The van der Waals surface area contributed by atoms with Gasteiger partial charge in [-0.15, -0.1) is 0 Å². The van der Waals surface area contributed by atoms with Gasteiger partial charge in [0.25, 0.3) is 0 Å². The molecule has 66 valence electrons. The van der Waals surface area contributed by atoms with Gasteiger partial charge in [-0.05, 0) is 12.3 Å². The van der Waals surface area contributed by atoms with E-state index in [1.54, 1.807) is 19.5 Å². The summed E-state index contributed by atoms with van der Waals surface area (Å²) >= 11 is 0. The molecule has 3 nitrogen and oxygen atoms in total. The van der Waals surface area contributed by atoms with Crippen LogP contribution in [0.1, 0.15) is 31.9 Å². The van der Waals surface area contributed by atoms with Gasteiger partial charge in [-0.2, -0.15) is 0 Å². The van der Waals surface area contributed by atoms with Crippen molar-refractivity contribution in [2.45, 2.75) is 26.2 Å². The molecule has 0 saturated carbocycles. The summed E-state index contributed by atoms with van der Waals surface area (Å²) in [5, 5.41) is 0. The molecule has 3 heteroatoms. The average molecular weight is 166 g/mol. The maximum absolute atomic E-state index is 4.91. The zero-order valence-corrected chi connectivity index (χ0v) is 7.74. The first-order chi connectivity index (χ1) is 5.77. The third-order valence-electron chi connectivity index (χ3n) is 1.97. The molecule has 0 spiro atoms. The van der Waals surface area contributed by atoms with Crippen molar-refractivity contribution in [3.63, 3.8) is 0 Å². The predicted octanol–water partition coefficient (Wildman–Crippen LogP) is 2.00. The van der Waals surface area contributed by atoms with Gasteiger partial charge in [-0.3, -0.25) is 4.98 Å². The second kappa shape index (κ2) is 4.04. The number of hydrogen-bond acceptors (Lipinski definition) is 3. The van der Waals surface area contributed by atoms with Gasteiger partial charge < -0.3 is 4.74 Å². The van der Waals surface area contributed by atoms with E-state index in [1.807, 2.05) is 0 Å². The summed E-state index contributed by atoms with van der Waals surface area (Å²) in [5.41, 5.74) is 1.03. The largest absolute Gasteiger partial charge is 0.480 e. The Bertz CT molecular complexity index is 233. The van der Waals surface area contributed by atoms with Crippen molar-refractivity contribution < 1.29 is 4.74 Å². The van der Waals surface area contributed by atoms with Crippen LogP contribution in [0.3, 0.4) is 0 Å². The van der Waals surface area contributed by atoms with E-state index >= 15 is 0 Å². The lowest BCUT2D eigenvalue weighted by atomic mass is 10.1. The fourth-order valence-corrected chi connectivity index (χ4v) is 0.895. The molecule has 0 saturated heterocycles. The minimum Gasteiger partial charge on any atom is -0.480 e. The molecule has 1 heterocycles. The highest BCUT2D eigenvalue weighted by Crippen LogP contribution is 2.15. The van der Waals surface area contributed by atoms with E-state index in [0.29, 0.717) is 11.8 Å². The smallest absolute Gasteiger partial charge is 0.231 e. The Morgan fingerprint density at radius 3 is 2.58 bits per heavy atom. The molecule has 0 amide bonds. The Labute approximate surface area is 72.8 Å². The van der Waals surface area contributed by atoms with Crippen LogP contribution in [0, 0.1) is 0 Å². The van der Waals surface area contributed by atoms with Crippen LogP contribution in [0.5, 0.6) is 5.88 Å². The highest BCUT2D eigenvalue weighted by atomic mass is 16.5. The van der Waals surface area contributed by atoms with Crippen LogP contribution >= 0.6 is 0 Å². The maximum Gasteiger partial charge on any atom is 0.231 e. The van der Waals surface area contributed by atoms with Crippen LogP contribution in [0.4, 0.5) is 0 Å². The van der Waals surface area contributed by atoms with Crippen molar-refractivity contribution in [3.8, 4) is 5.88 Å². The van der Waals surface area contributed by atoms with Crippen LogP contribution in [0.15, 0.2) is 12.4 Å². The Morgan fingerprint density at radius 1 is 1.42 bits per heavy atom. The van der Waals surface area contributed by atoms with Crippen LogP contribution in [-0.2, 0) is 0 Å². The summed E-state index contributed by atoms with van der Waals surface area (Å²) in [5.74, 6) is 1.05. The Kier molecular flexibility index (Phi) is 3.02. The Morgan fingerprint density at radius 2 is 2.17 bits per heavy atom. The van der Waals surface area contributed by atoms with Crippen LogP contribution in [-0.4, -0.2) is 17.1 Å². The van der Waals surface area contributed by atoms with Crippen molar-refractivity contribution >= 4 is 0 Å². The van der Waals surface area contributed by atoms with E-state index < -0.39 is 0 Å². The molecule has 0 bridgehead atoms. The normalized spacial score (nSPS) is 12.6. The van der Waals surface area contributed by atoms with Crippen LogP contribution < -0.4 is 4.74 Å². The third-order valence-corrected chi connectivity index (χ3v) is 1.97. The molecule has 0 aromatic carbocycles. The molecule has 0 aliphatic carbocycles. The average Bonchev–Trinajstić information content (AvgIpc) is 2.17. The van der Waals surface area contributed by atoms with Gasteiger partial charge in [0.2, 0.25) is 5.88 Å². The molecule has 1 aromatic rings. The molecule has 0 radical (unpaired) electrons. The predicted molar refractivity (Wildman–Crippen MR) is 47.3 cm³/mol. The number of aromatic nitrogens is 2. The van der Waals surface area contributed by atoms with E-state index in [-0.39, 0.29) is 0 Å². The van der Waals surface area contributed by atoms with Crippen LogP contribution in [0.2, 0.25) is 0 Å². The Balaban J connectivity index is 2.77. The maximum atomic E-state index is 4.91. The summed E-state index contributed by atoms with van der Waals surface area (Å²) in [6.07, 6.45) is 4.51. The number of methoxy groups -OCH3 is 1. The second-order valence-corrected chi connectivity index (χ2v) is 2.79. The topological polar surface area (TPSA) is 35.0 Å². The van der Waals surface area contributed by atoms with Gasteiger partial charge in [-0.25, -0.2) is 4.98 Å². The molecule has 12 heavy (non-hydrogen) atoms. The van der Waals surface area contributed by atoms with Crippen molar-refractivity contribution in [3.05, 3.63) is 18.1 Å². The minimum absolute atomic E-state index is 0.475. The number of rotatable bonds is 3. The van der Waals surface area contributed by atoms with Gasteiger partial charge >= 0.3 is 0 Å². The highest BCUT2D eigenvalue weighted by molar-refractivity contribution is 5.09. The van der Waals surface area contributed by atoms with Crippen LogP contribution in [0.25, 0.3) is 0 Å². The van der Waals surface area contributed by atoms with Crippen molar-refractivity contribution in [1.82, 2.24) is 9.97 Å². The molecular weight excluding hydrogens is 152 g/mol. The lowest BCUT2D eigenvalue weighted by Crippen LogP contribution is -1.97. The lowest BCUT2D eigenvalue weighted by Gasteiger charge is -2.06. The van der Waals surface area contributed by atoms with Gasteiger partial charge in [-0.1, -0.05) is 13.8 Å². The summed E-state index contributed by atoms with van der Waals surface area (Å²) in [6, 6.07) is 0. The third kappa shape index (κ3) is 1.94. The van der Waals surface area contributed by atoms with Gasteiger partial charge in [0.05, 0.1) is 25.2 Å². The first-order valence-corrected chi connectivity index (χ1v) is 4.13. The summed E-state index contributed by atoms with van der Waals surface area (Å²) < 4.78 is 4.91. The fourth-order valence-electron chi connectivity index (χ4n) is 0.895. The number of ether oxygens (including phenoxy) is 1. The van der Waals surface area contributed by atoms with E-state index in [4.69, 9.17) is 4.74 Å². The fraction of sp³-hybridized carbons (Fsp3) is 0.556. The van der Waals surface area contributed by atoms with Gasteiger partial charge in [0.1, 0.15) is 0 Å².